The number of hydrogen-bond donors (Lipinski definition) is 1. The molecule has 0 spiro atoms. The van der Waals surface area contributed by atoms with E-state index in [4.69, 9.17) is 10.2 Å². The van der Waals surface area contributed by atoms with Crippen molar-refractivity contribution in [2.45, 2.75) is 13.5 Å². The number of nitrogens with zero attached hydrogens (tertiary/aromatic N) is 3. The highest BCUT2D eigenvalue weighted by molar-refractivity contribution is 5.71. The standard InChI is InChI=1S/C13H12N4O/c1-8-2-5-11-12(16-8)17-13(18-11)10-4-3-9(6-14)7-15-10/h2-5,7H,6,14H2,1H3. The number of aromatic nitrogens is 3. The fourth-order valence-electron chi connectivity index (χ4n) is 1.69. The van der Waals surface area contributed by atoms with Crippen LogP contribution in [0.25, 0.3) is 22.8 Å². The molecule has 0 aliphatic rings. The van der Waals surface area contributed by atoms with E-state index in [-0.39, 0.29) is 0 Å². The largest absolute Gasteiger partial charge is 0.433 e. The Bertz CT molecular complexity index is 688. The second-order valence-corrected chi connectivity index (χ2v) is 4.05. The van der Waals surface area contributed by atoms with Gasteiger partial charge >= 0.3 is 0 Å². The highest BCUT2D eigenvalue weighted by atomic mass is 16.3. The smallest absolute Gasteiger partial charge is 0.247 e. The molecule has 0 unspecified atom stereocenters. The molecule has 0 atom stereocenters. The summed E-state index contributed by atoms with van der Waals surface area (Å²) in [6, 6.07) is 7.51. The molecule has 0 fully saturated rings. The lowest BCUT2D eigenvalue weighted by Gasteiger charge is -1.96. The molecule has 2 N–H and O–H groups in total. The summed E-state index contributed by atoms with van der Waals surface area (Å²) in [6.45, 7) is 2.39. The molecule has 5 nitrogen and oxygen atoms in total. The average Bonchev–Trinajstić information content (AvgIpc) is 2.81. The molecule has 0 saturated carbocycles. The molecule has 3 aromatic heterocycles. The zero-order valence-corrected chi connectivity index (χ0v) is 9.92. The van der Waals surface area contributed by atoms with Crippen molar-refractivity contribution in [2.75, 3.05) is 0 Å². The third-order valence-corrected chi connectivity index (χ3v) is 2.67. The van der Waals surface area contributed by atoms with Crippen LogP contribution in [0.5, 0.6) is 0 Å². The van der Waals surface area contributed by atoms with Crippen LogP contribution in [0.3, 0.4) is 0 Å². The lowest BCUT2D eigenvalue weighted by Crippen LogP contribution is -1.96. The SMILES string of the molecule is Cc1ccc2oc(-c3ccc(CN)cn3)nc2n1. The van der Waals surface area contributed by atoms with Crippen molar-refractivity contribution in [2.24, 2.45) is 5.73 Å². The van der Waals surface area contributed by atoms with Gasteiger partial charge in [0.15, 0.2) is 11.2 Å². The van der Waals surface area contributed by atoms with E-state index in [1.54, 1.807) is 6.20 Å². The Morgan fingerprint density at radius 2 is 2.06 bits per heavy atom. The van der Waals surface area contributed by atoms with E-state index in [9.17, 15) is 0 Å². The maximum atomic E-state index is 5.62. The second kappa shape index (κ2) is 4.19. The van der Waals surface area contributed by atoms with Crippen molar-refractivity contribution in [1.82, 2.24) is 15.0 Å². The number of fused-ring (bicyclic) bond motifs is 1. The van der Waals surface area contributed by atoms with Crippen molar-refractivity contribution < 1.29 is 4.42 Å². The number of pyridine rings is 2. The molecule has 90 valence electrons. The second-order valence-electron chi connectivity index (χ2n) is 4.05. The number of rotatable bonds is 2. The molecule has 0 aliphatic carbocycles. The van der Waals surface area contributed by atoms with Gasteiger partial charge in [-0.15, -0.1) is 0 Å². The van der Waals surface area contributed by atoms with E-state index in [0.29, 0.717) is 29.4 Å². The molecule has 0 saturated heterocycles. The molecule has 0 radical (unpaired) electrons. The topological polar surface area (TPSA) is 77.8 Å². The van der Waals surface area contributed by atoms with Gasteiger partial charge in [-0.1, -0.05) is 6.07 Å². The van der Waals surface area contributed by atoms with Gasteiger partial charge in [0, 0.05) is 18.4 Å². The Morgan fingerprint density at radius 3 is 2.78 bits per heavy atom. The van der Waals surface area contributed by atoms with E-state index >= 15 is 0 Å². The molecule has 3 rings (SSSR count). The van der Waals surface area contributed by atoms with Crippen molar-refractivity contribution in [1.29, 1.82) is 0 Å². The van der Waals surface area contributed by atoms with Crippen LogP contribution in [0, 0.1) is 6.92 Å². The minimum Gasteiger partial charge on any atom is -0.433 e. The van der Waals surface area contributed by atoms with Crippen LogP contribution in [-0.4, -0.2) is 15.0 Å². The quantitative estimate of drug-likeness (QED) is 0.741. The van der Waals surface area contributed by atoms with Gasteiger partial charge in [-0.25, -0.2) is 4.98 Å². The molecule has 0 aliphatic heterocycles. The van der Waals surface area contributed by atoms with E-state index in [0.717, 1.165) is 11.3 Å². The molecule has 0 aromatic carbocycles. The summed E-state index contributed by atoms with van der Waals surface area (Å²) in [5, 5.41) is 0. The van der Waals surface area contributed by atoms with E-state index in [1.807, 2.05) is 31.2 Å². The minimum atomic E-state index is 0.474. The van der Waals surface area contributed by atoms with Gasteiger partial charge in [0.1, 0.15) is 5.69 Å². The normalized spacial score (nSPS) is 11.0. The molecule has 0 amide bonds. The summed E-state index contributed by atoms with van der Waals surface area (Å²) in [5.41, 5.74) is 9.37. The van der Waals surface area contributed by atoms with Gasteiger partial charge in [0.25, 0.3) is 0 Å². The number of oxazole rings is 1. The van der Waals surface area contributed by atoms with Gasteiger partial charge in [0.2, 0.25) is 5.89 Å². The first-order chi connectivity index (χ1) is 8.76. The Labute approximate surface area is 104 Å². The van der Waals surface area contributed by atoms with Crippen molar-refractivity contribution in [3.63, 3.8) is 0 Å². The summed E-state index contributed by atoms with van der Waals surface area (Å²) >= 11 is 0. The zero-order chi connectivity index (χ0) is 12.5. The molecular weight excluding hydrogens is 228 g/mol. The summed E-state index contributed by atoms with van der Waals surface area (Å²) in [7, 11) is 0. The predicted molar refractivity (Wildman–Crippen MR) is 67.7 cm³/mol. The highest BCUT2D eigenvalue weighted by Gasteiger charge is 2.10. The molecule has 3 heterocycles. The third kappa shape index (κ3) is 1.84. The number of nitrogens with two attached hydrogens (primary N) is 1. The highest BCUT2D eigenvalue weighted by Crippen LogP contribution is 2.21. The van der Waals surface area contributed by atoms with E-state index < -0.39 is 0 Å². The first-order valence-corrected chi connectivity index (χ1v) is 5.66. The first-order valence-electron chi connectivity index (χ1n) is 5.66. The van der Waals surface area contributed by atoms with Crippen LogP contribution >= 0.6 is 0 Å². The molecule has 0 bridgehead atoms. The first kappa shape index (κ1) is 10.9. The summed E-state index contributed by atoms with van der Waals surface area (Å²) < 4.78 is 5.62. The van der Waals surface area contributed by atoms with Crippen LogP contribution in [0.4, 0.5) is 0 Å². The van der Waals surface area contributed by atoms with Crippen molar-refractivity contribution >= 4 is 11.2 Å². The van der Waals surface area contributed by atoms with Gasteiger partial charge < -0.3 is 10.2 Å². The lowest BCUT2D eigenvalue weighted by atomic mass is 10.2. The Balaban J connectivity index is 2.07. The van der Waals surface area contributed by atoms with Crippen LogP contribution in [0.2, 0.25) is 0 Å². The maximum Gasteiger partial charge on any atom is 0.247 e. The number of aryl methyl sites for hydroxylation is 1. The molecule has 5 heteroatoms. The monoisotopic (exact) mass is 240 g/mol. The van der Waals surface area contributed by atoms with Crippen LogP contribution in [-0.2, 0) is 6.54 Å². The third-order valence-electron chi connectivity index (χ3n) is 2.67. The Morgan fingerprint density at radius 1 is 1.17 bits per heavy atom. The van der Waals surface area contributed by atoms with Crippen LogP contribution in [0.1, 0.15) is 11.3 Å². The van der Waals surface area contributed by atoms with Gasteiger partial charge in [0.05, 0.1) is 0 Å². The number of hydrogen-bond acceptors (Lipinski definition) is 5. The van der Waals surface area contributed by atoms with Crippen molar-refractivity contribution in [3.8, 4) is 11.6 Å². The minimum absolute atomic E-state index is 0.474. The van der Waals surface area contributed by atoms with E-state index in [1.165, 1.54) is 0 Å². The Kier molecular flexibility index (Phi) is 2.53. The van der Waals surface area contributed by atoms with Gasteiger partial charge in [-0.2, -0.15) is 4.98 Å². The van der Waals surface area contributed by atoms with E-state index in [2.05, 4.69) is 15.0 Å². The molecule has 18 heavy (non-hydrogen) atoms. The van der Waals surface area contributed by atoms with Gasteiger partial charge in [-0.05, 0) is 30.7 Å². The zero-order valence-electron chi connectivity index (χ0n) is 9.92. The summed E-state index contributed by atoms with van der Waals surface area (Å²) in [5.74, 6) is 0.478. The fourth-order valence-corrected chi connectivity index (χ4v) is 1.69. The lowest BCUT2D eigenvalue weighted by molar-refractivity contribution is 0.616. The summed E-state index contributed by atoms with van der Waals surface area (Å²) in [6.07, 6.45) is 1.73. The fraction of sp³-hybridized carbons (Fsp3) is 0.154. The average molecular weight is 240 g/mol. The summed E-state index contributed by atoms with van der Waals surface area (Å²) in [4.78, 5) is 12.9. The predicted octanol–water partition coefficient (Wildman–Crippen LogP) is 2.05. The molecular formula is C13H12N4O. The maximum absolute atomic E-state index is 5.62. The molecule has 3 aromatic rings. The van der Waals surface area contributed by atoms with Crippen LogP contribution < -0.4 is 5.73 Å². The van der Waals surface area contributed by atoms with Gasteiger partial charge in [-0.3, -0.25) is 4.98 Å². The Hall–Kier alpha value is -2.27. The van der Waals surface area contributed by atoms with Crippen molar-refractivity contribution in [3.05, 3.63) is 41.7 Å². The van der Waals surface area contributed by atoms with Crippen LogP contribution in [0.15, 0.2) is 34.9 Å².